The fraction of sp³-hybridized carbons (Fsp3) is 0.333. The maximum absolute atomic E-state index is 8.74. The van der Waals surface area contributed by atoms with Gasteiger partial charge in [-0.3, -0.25) is 0 Å². The van der Waals surface area contributed by atoms with E-state index in [2.05, 4.69) is 6.58 Å². The summed E-state index contributed by atoms with van der Waals surface area (Å²) in [6.45, 7) is 5.47. The van der Waals surface area contributed by atoms with Crippen molar-refractivity contribution in [3.05, 3.63) is 36.3 Å². The zero-order valence-corrected chi connectivity index (χ0v) is 7.16. The molecule has 0 aliphatic carbocycles. The summed E-state index contributed by atoms with van der Waals surface area (Å²) in [5, 5.41) is 17.1. The molecule has 0 aliphatic heterocycles. The monoisotopic (exact) mass is 170 g/mol. The molecule has 0 spiro atoms. The average Bonchev–Trinajstić information content (AvgIpc) is 1.97. The summed E-state index contributed by atoms with van der Waals surface area (Å²) in [6.07, 6.45) is 4.42. The summed E-state index contributed by atoms with van der Waals surface area (Å²) in [4.78, 5) is 0. The van der Waals surface area contributed by atoms with E-state index >= 15 is 0 Å². The van der Waals surface area contributed by atoms with Crippen LogP contribution in [0.1, 0.15) is 6.92 Å². The quantitative estimate of drug-likeness (QED) is 0.486. The smallest absolute Gasteiger partial charge is 0.109 e. The predicted octanol–water partition coefficient (Wildman–Crippen LogP) is 1.53. The highest BCUT2D eigenvalue weighted by Crippen LogP contribution is 1.97. The van der Waals surface area contributed by atoms with E-state index in [1.807, 2.05) is 6.92 Å². The molecule has 68 valence electrons. The summed E-state index contributed by atoms with van der Waals surface area (Å²) in [5.41, 5.74) is 0.866. The Labute approximate surface area is 72.3 Å². The predicted molar refractivity (Wildman–Crippen MR) is 47.7 cm³/mol. The lowest BCUT2D eigenvalue weighted by Crippen LogP contribution is -1.90. The molecule has 0 aromatic heterocycles. The van der Waals surface area contributed by atoms with Crippen molar-refractivity contribution in [1.82, 2.24) is 0 Å². The fourth-order valence-electron chi connectivity index (χ4n) is 0.617. The Morgan fingerprint density at radius 1 is 1.58 bits per heavy atom. The molecule has 0 atom stereocenters. The summed E-state index contributed by atoms with van der Waals surface area (Å²) in [7, 11) is 0. The first-order valence-corrected chi connectivity index (χ1v) is 3.59. The van der Waals surface area contributed by atoms with Crippen LogP contribution in [0.2, 0.25) is 0 Å². The van der Waals surface area contributed by atoms with Crippen molar-refractivity contribution in [2.24, 2.45) is 0 Å². The third-order valence-electron chi connectivity index (χ3n) is 1.02. The van der Waals surface area contributed by atoms with Gasteiger partial charge in [-0.25, -0.2) is 0 Å². The van der Waals surface area contributed by atoms with E-state index in [0.717, 1.165) is 5.57 Å². The van der Waals surface area contributed by atoms with Gasteiger partial charge >= 0.3 is 0 Å². The van der Waals surface area contributed by atoms with Gasteiger partial charge in [0, 0.05) is 0 Å². The van der Waals surface area contributed by atoms with Crippen molar-refractivity contribution >= 4 is 0 Å². The van der Waals surface area contributed by atoms with Gasteiger partial charge < -0.3 is 14.9 Å². The van der Waals surface area contributed by atoms with Gasteiger partial charge in [-0.2, -0.15) is 0 Å². The van der Waals surface area contributed by atoms with E-state index in [9.17, 15) is 0 Å². The molecular formula is C9H14O3. The van der Waals surface area contributed by atoms with Crippen LogP contribution in [0.25, 0.3) is 0 Å². The molecule has 0 saturated heterocycles. The molecule has 0 bridgehead atoms. The van der Waals surface area contributed by atoms with Crippen molar-refractivity contribution in [1.29, 1.82) is 0 Å². The van der Waals surface area contributed by atoms with Crippen LogP contribution >= 0.6 is 0 Å². The molecule has 3 nitrogen and oxygen atoms in total. The third kappa shape index (κ3) is 6.89. The lowest BCUT2D eigenvalue weighted by atomic mass is 10.3. The highest BCUT2D eigenvalue weighted by Gasteiger charge is 1.88. The van der Waals surface area contributed by atoms with Gasteiger partial charge in [0.2, 0.25) is 0 Å². The van der Waals surface area contributed by atoms with Crippen LogP contribution in [0.4, 0.5) is 0 Å². The van der Waals surface area contributed by atoms with Crippen molar-refractivity contribution in [2.45, 2.75) is 6.92 Å². The van der Waals surface area contributed by atoms with Crippen molar-refractivity contribution in [3.8, 4) is 0 Å². The van der Waals surface area contributed by atoms with Crippen LogP contribution in [-0.2, 0) is 4.74 Å². The molecule has 0 unspecified atom stereocenters. The first-order chi connectivity index (χ1) is 5.66. The second-order valence-corrected chi connectivity index (χ2v) is 2.35. The average molecular weight is 170 g/mol. The van der Waals surface area contributed by atoms with Crippen LogP contribution < -0.4 is 0 Å². The van der Waals surface area contributed by atoms with E-state index in [-0.39, 0.29) is 12.4 Å². The van der Waals surface area contributed by atoms with Crippen LogP contribution in [0, 0.1) is 0 Å². The maximum atomic E-state index is 8.74. The standard InChI is InChI=1S/C9H14O3/c1-8(6-9(2)11)7-12-5-3-4-10/h3,5-6,10-11H,2,4,7H2,1H3/b5-3+,8-6+. The van der Waals surface area contributed by atoms with Gasteiger partial charge in [-0.15, -0.1) is 0 Å². The molecule has 0 fully saturated rings. The minimum absolute atomic E-state index is 0.0160. The van der Waals surface area contributed by atoms with Crippen molar-refractivity contribution in [2.75, 3.05) is 13.2 Å². The second-order valence-electron chi connectivity index (χ2n) is 2.35. The Morgan fingerprint density at radius 3 is 2.75 bits per heavy atom. The van der Waals surface area contributed by atoms with E-state index in [1.165, 1.54) is 18.4 Å². The normalized spacial score (nSPS) is 12.0. The Hall–Kier alpha value is -1.22. The summed E-state index contributed by atoms with van der Waals surface area (Å²) < 4.78 is 4.98. The zero-order chi connectivity index (χ0) is 9.40. The van der Waals surface area contributed by atoms with E-state index in [0.29, 0.717) is 6.61 Å². The number of hydrogen-bond donors (Lipinski definition) is 2. The molecule has 0 heterocycles. The number of allylic oxidation sites excluding steroid dienone is 1. The minimum Gasteiger partial charge on any atom is -0.509 e. The lowest BCUT2D eigenvalue weighted by molar-refractivity contribution is 0.271. The third-order valence-corrected chi connectivity index (χ3v) is 1.02. The molecule has 3 heteroatoms. The zero-order valence-electron chi connectivity index (χ0n) is 7.16. The molecule has 0 radical (unpaired) electrons. The fourth-order valence-corrected chi connectivity index (χ4v) is 0.617. The van der Waals surface area contributed by atoms with E-state index in [1.54, 1.807) is 0 Å². The topological polar surface area (TPSA) is 49.7 Å². The molecular weight excluding hydrogens is 156 g/mol. The largest absolute Gasteiger partial charge is 0.509 e. The Balaban J connectivity index is 3.63. The van der Waals surface area contributed by atoms with Gasteiger partial charge in [-0.1, -0.05) is 6.58 Å². The first kappa shape index (κ1) is 10.8. The molecule has 0 aromatic carbocycles. The summed E-state index contributed by atoms with van der Waals surface area (Å²) in [6, 6.07) is 0. The molecule has 0 amide bonds. The van der Waals surface area contributed by atoms with Crippen molar-refractivity contribution < 1.29 is 14.9 Å². The van der Waals surface area contributed by atoms with E-state index < -0.39 is 0 Å². The number of aliphatic hydroxyl groups excluding tert-OH is 2. The number of hydrogen-bond acceptors (Lipinski definition) is 3. The van der Waals surface area contributed by atoms with Gasteiger partial charge in [0.05, 0.1) is 12.9 Å². The molecule has 0 aliphatic rings. The van der Waals surface area contributed by atoms with Gasteiger partial charge in [0.1, 0.15) is 12.4 Å². The van der Waals surface area contributed by atoms with Gasteiger partial charge in [0.25, 0.3) is 0 Å². The van der Waals surface area contributed by atoms with Crippen molar-refractivity contribution in [3.63, 3.8) is 0 Å². The Kier molecular flexibility index (Phi) is 5.83. The highest BCUT2D eigenvalue weighted by molar-refractivity contribution is 5.13. The summed E-state index contributed by atoms with van der Waals surface area (Å²) in [5.74, 6) is 0.0160. The van der Waals surface area contributed by atoms with E-state index in [4.69, 9.17) is 14.9 Å². The number of aliphatic hydroxyl groups is 2. The molecule has 0 saturated carbocycles. The van der Waals surface area contributed by atoms with Crippen LogP contribution in [-0.4, -0.2) is 23.4 Å². The molecule has 12 heavy (non-hydrogen) atoms. The van der Waals surface area contributed by atoms with Gasteiger partial charge in [0.15, 0.2) is 0 Å². The molecule has 0 aromatic rings. The minimum atomic E-state index is -0.0323. The van der Waals surface area contributed by atoms with Crippen LogP contribution in [0.3, 0.4) is 0 Å². The van der Waals surface area contributed by atoms with Crippen LogP contribution in [0.15, 0.2) is 36.3 Å². The first-order valence-electron chi connectivity index (χ1n) is 3.59. The SMILES string of the molecule is C=C(O)/C=C(\C)CO/C=C/CO. The molecule has 2 N–H and O–H groups in total. The number of rotatable bonds is 5. The Morgan fingerprint density at radius 2 is 2.25 bits per heavy atom. The summed E-state index contributed by atoms with van der Waals surface area (Å²) >= 11 is 0. The number of ether oxygens (including phenoxy) is 1. The lowest BCUT2D eigenvalue weighted by Gasteiger charge is -1.99. The maximum Gasteiger partial charge on any atom is 0.109 e. The molecule has 0 rings (SSSR count). The van der Waals surface area contributed by atoms with Crippen LogP contribution in [0.5, 0.6) is 0 Å². The Bertz CT molecular complexity index is 192. The highest BCUT2D eigenvalue weighted by atomic mass is 16.5. The second kappa shape index (κ2) is 6.49. The van der Waals surface area contributed by atoms with Gasteiger partial charge in [-0.05, 0) is 24.6 Å².